The Morgan fingerprint density at radius 2 is 2.22 bits per heavy atom. The van der Waals surface area contributed by atoms with E-state index in [-0.39, 0.29) is 11.5 Å². The van der Waals surface area contributed by atoms with Gasteiger partial charge in [0.2, 0.25) is 0 Å². The number of oxime groups is 1. The maximum absolute atomic E-state index is 12.2. The lowest BCUT2D eigenvalue weighted by Crippen LogP contribution is -2.26. The largest absolute Gasteiger partial charge is 0.442 e. The molecule has 0 bridgehead atoms. The van der Waals surface area contributed by atoms with E-state index in [1.807, 2.05) is 24.3 Å². The molecule has 9 nitrogen and oxygen atoms in total. The number of carbonyl (C=O) groups is 1. The highest BCUT2D eigenvalue weighted by molar-refractivity contribution is 5.89. The van der Waals surface area contributed by atoms with Crippen LogP contribution in [0.5, 0.6) is 0 Å². The van der Waals surface area contributed by atoms with Crippen LogP contribution in [0.1, 0.15) is 24.1 Å². The zero-order chi connectivity index (χ0) is 18.9. The van der Waals surface area contributed by atoms with Crippen molar-refractivity contribution in [2.75, 3.05) is 18.6 Å². The van der Waals surface area contributed by atoms with E-state index in [1.165, 1.54) is 13.3 Å². The van der Waals surface area contributed by atoms with Crippen LogP contribution in [0.15, 0.2) is 35.6 Å². The Labute approximate surface area is 155 Å². The van der Waals surface area contributed by atoms with Crippen molar-refractivity contribution in [3.05, 3.63) is 41.7 Å². The van der Waals surface area contributed by atoms with Crippen molar-refractivity contribution >= 4 is 18.0 Å². The second-order valence-electron chi connectivity index (χ2n) is 6.64. The lowest BCUT2D eigenvalue weighted by Gasteiger charge is -2.14. The number of amides is 1. The van der Waals surface area contributed by atoms with Crippen LogP contribution in [-0.4, -0.2) is 47.1 Å². The van der Waals surface area contributed by atoms with Gasteiger partial charge in [-0.05, 0) is 30.5 Å². The third-order valence-corrected chi connectivity index (χ3v) is 4.81. The van der Waals surface area contributed by atoms with Gasteiger partial charge in [0.05, 0.1) is 37.0 Å². The molecule has 1 amide bonds. The van der Waals surface area contributed by atoms with Crippen molar-refractivity contribution in [1.29, 1.82) is 5.26 Å². The predicted octanol–water partition coefficient (Wildman–Crippen LogP) is 1.84. The molecule has 0 unspecified atom stereocenters. The number of hydrogen-bond donors (Lipinski definition) is 0. The molecule has 2 heterocycles. The SMILES string of the molecule is CO/N=C/c1cn(C[C@H]2CN(c3ccc(C4(C#N)CC4)cc3)C(=O)O2)nn1. The molecule has 0 spiro atoms. The number of aromatic nitrogens is 3. The van der Waals surface area contributed by atoms with E-state index in [4.69, 9.17) is 4.74 Å². The van der Waals surface area contributed by atoms with Crippen LogP contribution in [0.4, 0.5) is 10.5 Å². The summed E-state index contributed by atoms with van der Waals surface area (Å²) in [5, 5.41) is 20.9. The smallest absolute Gasteiger partial charge is 0.414 e. The molecule has 2 aromatic rings. The molecule has 1 aliphatic heterocycles. The van der Waals surface area contributed by atoms with E-state index in [1.54, 1.807) is 15.8 Å². The van der Waals surface area contributed by atoms with E-state index in [0.29, 0.717) is 18.8 Å². The minimum atomic E-state index is -0.393. The summed E-state index contributed by atoms with van der Waals surface area (Å²) >= 11 is 0. The van der Waals surface area contributed by atoms with Gasteiger partial charge in [0.1, 0.15) is 18.9 Å². The Balaban J connectivity index is 1.41. The zero-order valence-electron chi connectivity index (χ0n) is 14.8. The van der Waals surface area contributed by atoms with Gasteiger partial charge in [-0.2, -0.15) is 5.26 Å². The van der Waals surface area contributed by atoms with E-state index in [2.05, 4.69) is 26.4 Å². The minimum absolute atomic E-state index is 0.330. The van der Waals surface area contributed by atoms with Gasteiger partial charge in [0, 0.05) is 5.69 Å². The fourth-order valence-corrected chi connectivity index (χ4v) is 3.16. The van der Waals surface area contributed by atoms with Crippen LogP contribution in [0.3, 0.4) is 0 Å². The number of rotatable bonds is 6. The van der Waals surface area contributed by atoms with E-state index in [0.717, 1.165) is 24.1 Å². The summed E-state index contributed by atoms with van der Waals surface area (Å²) in [6.45, 7) is 0.814. The molecule has 1 saturated heterocycles. The van der Waals surface area contributed by atoms with Gasteiger partial charge >= 0.3 is 6.09 Å². The zero-order valence-corrected chi connectivity index (χ0v) is 14.8. The van der Waals surface area contributed by atoms with Crippen molar-refractivity contribution in [2.24, 2.45) is 5.16 Å². The molecule has 1 aromatic heterocycles. The Morgan fingerprint density at radius 3 is 2.89 bits per heavy atom. The number of carbonyl (C=O) groups excluding carboxylic acids is 1. The Hall–Kier alpha value is -3.41. The molecule has 0 radical (unpaired) electrons. The Kier molecular flexibility index (Phi) is 4.24. The van der Waals surface area contributed by atoms with Gasteiger partial charge in [0.25, 0.3) is 0 Å². The van der Waals surface area contributed by atoms with E-state index in [9.17, 15) is 10.1 Å². The standard InChI is InChI=1S/C18H18N6O3/c1-26-20-8-14-9-23(22-21-14)10-16-11-24(17(25)27-16)15-4-2-13(3-5-15)18(12-19)6-7-18/h2-5,8-9,16H,6-7,10-11H2,1H3/b20-8+/t16-/m0/s1. The van der Waals surface area contributed by atoms with Crippen molar-refractivity contribution in [1.82, 2.24) is 15.0 Å². The molecule has 2 fully saturated rings. The first-order valence-electron chi connectivity index (χ1n) is 8.60. The number of hydrogen-bond acceptors (Lipinski definition) is 7. The summed E-state index contributed by atoms with van der Waals surface area (Å²) in [5.74, 6) is 0. The third-order valence-electron chi connectivity index (χ3n) is 4.81. The average molecular weight is 366 g/mol. The second kappa shape index (κ2) is 6.72. The summed E-state index contributed by atoms with van der Waals surface area (Å²) in [6.07, 6.45) is 4.21. The maximum atomic E-state index is 12.2. The van der Waals surface area contributed by atoms with E-state index >= 15 is 0 Å². The normalized spacial score (nSPS) is 20.5. The van der Waals surface area contributed by atoms with Crippen molar-refractivity contribution in [3.8, 4) is 6.07 Å². The molecule has 1 aromatic carbocycles. The molecule has 4 rings (SSSR count). The average Bonchev–Trinajstić information content (AvgIpc) is 3.23. The maximum Gasteiger partial charge on any atom is 0.414 e. The molecule has 9 heteroatoms. The number of anilines is 1. The molecule has 1 aliphatic carbocycles. The summed E-state index contributed by atoms with van der Waals surface area (Å²) in [5.41, 5.74) is 1.99. The van der Waals surface area contributed by atoms with Crippen LogP contribution < -0.4 is 4.90 Å². The van der Waals surface area contributed by atoms with Crippen molar-refractivity contribution in [2.45, 2.75) is 30.9 Å². The summed E-state index contributed by atoms with van der Waals surface area (Å²) in [6, 6.07) is 9.95. The molecule has 1 saturated carbocycles. The molecule has 1 atom stereocenters. The number of nitriles is 1. The van der Waals surface area contributed by atoms with Gasteiger partial charge < -0.3 is 9.57 Å². The number of nitrogens with zero attached hydrogens (tertiary/aromatic N) is 6. The predicted molar refractivity (Wildman–Crippen MR) is 95.2 cm³/mol. The minimum Gasteiger partial charge on any atom is -0.442 e. The van der Waals surface area contributed by atoms with Gasteiger partial charge in [-0.1, -0.05) is 22.5 Å². The quantitative estimate of drug-likeness (QED) is 0.570. The molecule has 27 heavy (non-hydrogen) atoms. The van der Waals surface area contributed by atoms with E-state index < -0.39 is 6.09 Å². The molecular formula is C18H18N6O3. The van der Waals surface area contributed by atoms with Crippen LogP contribution in [0, 0.1) is 11.3 Å². The molecule has 2 aliphatic rings. The molecule has 0 N–H and O–H groups in total. The first-order chi connectivity index (χ1) is 13.1. The van der Waals surface area contributed by atoms with Crippen LogP contribution in [0.25, 0.3) is 0 Å². The van der Waals surface area contributed by atoms with Gasteiger partial charge in [-0.3, -0.25) is 4.90 Å². The van der Waals surface area contributed by atoms with Crippen LogP contribution >= 0.6 is 0 Å². The highest BCUT2D eigenvalue weighted by Crippen LogP contribution is 2.47. The number of benzene rings is 1. The van der Waals surface area contributed by atoms with Crippen molar-refractivity contribution in [3.63, 3.8) is 0 Å². The Morgan fingerprint density at radius 1 is 1.44 bits per heavy atom. The summed E-state index contributed by atoms with van der Waals surface area (Å²) < 4.78 is 7.04. The second-order valence-corrected chi connectivity index (χ2v) is 6.64. The van der Waals surface area contributed by atoms with Gasteiger partial charge in [-0.25, -0.2) is 9.48 Å². The van der Waals surface area contributed by atoms with Crippen molar-refractivity contribution < 1.29 is 14.4 Å². The lowest BCUT2D eigenvalue weighted by molar-refractivity contribution is 0.129. The fraction of sp³-hybridized carbons (Fsp3) is 0.389. The first-order valence-corrected chi connectivity index (χ1v) is 8.60. The Bertz CT molecular complexity index is 910. The summed E-state index contributed by atoms with van der Waals surface area (Å²) in [4.78, 5) is 18.4. The highest BCUT2D eigenvalue weighted by Gasteiger charge is 2.45. The fourth-order valence-electron chi connectivity index (χ4n) is 3.16. The number of cyclic esters (lactones) is 1. The monoisotopic (exact) mass is 366 g/mol. The topological polar surface area (TPSA) is 106 Å². The van der Waals surface area contributed by atoms with Gasteiger partial charge in [0.15, 0.2) is 0 Å². The molecular weight excluding hydrogens is 348 g/mol. The van der Waals surface area contributed by atoms with Crippen LogP contribution in [0.2, 0.25) is 0 Å². The first kappa shape index (κ1) is 17.0. The molecule has 138 valence electrons. The number of ether oxygens (including phenoxy) is 1. The lowest BCUT2D eigenvalue weighted by atomic mass is 9.97. The van der Waals surface area contributed by atoms with Gasteiger partial charge in [-0.15, -0.1) is 5.10 Å². The highest BCUT2D eigenvalue weighted by atomic mass is 16.6. The summed E-state index contributed by atoms with van der Waals surface area (Å²) in [7, 11) is 1.45. The third kappa shape index (κ3) is 3.33. The van der Waals surface area contributed by atoms with Crippen LogP contribution in [-0.2, 0) is 21.5 Å².